The Hall–Kier alpha value is -1.87. The predicted molar refractivity (Wildman–Crippen MR) is 120 cm³/mol. The molecule has 0 aliphatic carbocycles. The molecule has 3 rings (SSSR count). The first-order chi connectivity index (χ1) is 18.0. The molecule has 2 aliphatic heterocycles. The van der Waals surface area contributed by atoms with Gasteiger partial charge in [0, 0.05) is 19.2 Å². The van der Waals surface area contributed by atoms with Crippen molar-refractivity contribution in [1.82, 2.24) is 14.9 Å². The highest BCUT2D eigenvalue weighted by atomic mass is 31.3. The average Bonchev–Trinajstić information content (AvgIpc) is 3.08. The zero-order valence-electron chi connectivity index (χ0n) is 19.7. The molecule has 2 fully saturated rings. The summed E-state index contributed by atoms with van der Waals surface area (Å²) in [6.07, 6.45) is -16.8. The Balaban J connectivity index is 2.10. The summed E-state index contributed by atoms with van der Waals surface area (Å²) in [5.74, 6) is -0.842. The van der Waals surface area contributed by atoms with Gasteiger partial charge in [0.15, 0.2) is 6.23 Å². The van der Waals surface area contributed by atoms with Crippen LogP contribution >= 0.6 is 15.6 Å². The molecule has 1 amide bonds. The second-order valence-corrected chi connectivity index (χ2v) is 11.4. The third kappa shape index (κ3) is 7.26. The van der Waals surface area contributed by atoms with Crippen LogP contribution in [0.2, 0.25) is 0 Å². The molecule has 39 heavy (non-hydrogen) atoms. The number of amides is 1. The first-order valence-electron chi connectivity index (χ1n) is 11.0. The molecule has 20 nitrogen and oxygen atoms in total. The van der Waals surface area contributed by atoms with E-state index in [0.29, 0.717) is 4.57 Å². The van der Waals surface area contributed by atoms with E-state index in [9.17, 15) is 53.9 Å². The molecule has 0 bridgehead atoms. The molecule has 0 aromatic carbocycles. The van der Waals surface area contributed by atoms with Crippen LogP contribution in [0.3, 0.4) is 0 Å². The highest BCUT2D eigenvalue weighted by Gasteiger charge is 2.57. The first-order valence-corrected chi connectivity index (χ1v) is 14.0. The van der Waals surface area contributed by atoms with Crippen LogP contribution in [0.4, 0.5) is 0 Å². The normalized spacial score (nSPS) is 35.8. The molecule has 2 aliphatic rings. The Morgan fingerprint density at radius 2 is 1.72 bits per heavy atom. The van der Waals surface area contributed by atoms with Gasteiger partial charge in [0.05, 0.1) is 12.6 Å². The molecule has 10 N–H and O–H groups in total. The highest BCUT2D eigenvalue weighted by molar-refractivity contribution is 7.60. The third-order valence-corrected chi connectivity index (χ3v) is 8.03. The Morgan fingerprint density at radius 3 is 2.26 bits per heavy atom. The Morgan fingerprint density at radius 1 is 1.08 bits per heavy atom. The van der Waals surface area contributed by atoms with Gasteiger partial charge in [0.1, 0.15) is 48.8 Å². The molecule has 1 aromatic rings. The van der Waals surface area contributed by atoms with Gasteiger partial charge in [0.25, 0.3) is 5.56 Å². The van der Waals surface area contributed by atoms with Crippen molar-refractivity contribution in [2.75, 3.05) is 6.61 Å². The lowest BCUT2D eigenvalue weighted by Gasteiger charge is -2.46. The second-order valence-electron chi connectivity index (χ2n) is 8.63. The summed E-state index contributed by atoms with van der Waals surface area (Å²) >= 11 is 0. The van der Waals surface area contributed by atoms with Crippen LogP contribution in [0.1, 0.15) is 13.2 Å². The van der Waals surface area contributed by atoms with Gasteiger partial charge in [-0.2, -0.15) is 4.31 Å². The number of aliphatic hydroxyl groups excluding tert-OH is 5. The van der Waals surface area contributed by atoms with Gasteiger partial charge in [-0.1, -0.05) is 0 Å². The molecular formula is C17H27N3O17P2. The fourth-order valence-corrected chi connectivity index (χ4v) is 6.03. The van der Waals surface area contributed by atoms with E-state index in [-0.39, 0.29) is 0 Å². The summed E-state index contributed by atoms with van der Waals surface area (Å²) in [5, 5.41) is 54.0. The molecule has 11 atom stereocenters. The van der Waals surface area contributed by atoms with Crippen molar-refractivity contribution in [3.05, 3.63) is 33.1 Å². The van der Waals surface area contributed by atoms with Crippen LogP contribution in [0.5, 0.6) is 0 Å². The highest BCUT2D eigenvalue weighted by Crippen LogP contribution is 2.59. The van der Waals surface area contributed by atoms with Crippen LogP contribution in [-0.2, 0) is 32.2 Å². The van der Waals surface area contributed by atoms with Crippen molar-refractivity contribution >= 4 is 21.6 Å². The minimum absolute atomic E-state index is 0.624. The lowest BCUT2D eigenvalue weighted by atomic mass is 9.87. The first kappa shape index (κ1) is 31.7. The smallest absolute Gasteiger partial charge is 0.394 e. The van der Waals surface area contributed by atoms with Crippen molar-refractivity contribution in [2.45, 2.75) is 68.0 Å². The molecule has 0 spiro atoms. The summed E-state index contributed by atoms with van der Waals surface area (Å²) in [5.41, 5.74) is -1.94. The van der Waals surface area contributed by atoms with Crippen molar-refractivity contribution in [3.8, 4) is 0 Å². The Labute approximate surface area is 217 Å². The molecule has 3 heterocycles. The largest absolute Gasteiger partial charge is 0.481 e. The minimum atomic E-state index is -5.82. The summed E-state index contributed by atoms with van der Waals surface area (Å²) in [6.45, 7) is 0.0113. The maximum Gasteiger partial charge on any atom is 0.481 e. The molecule has 22 heteroatoms. The van der Waals surface area contributed by atoms with Gasteiger partial charge in [-0.15, -0.1) is 0 Å². The van der Waals surface area contributed by atoms with E-state index in [0.717, 1.165) is 19.2 Å². The number of nitrogens with zero attached hydrogens (tertiary/aromatic N) is 1. The number of nitrogens with one attached hydrogen (secondary N) is 2. The summed E-state index contributed by atoms with van der Waals surface area (Å²) in [6, 6.07) is -0.884. The van der Waals surface area contributed by atoms with Gasteiger partial charge in [-0.3, -0.25) is 23.7 Å². The number of hydrogen-bond acceptors (Lipinski definition) is 14. The van der Waals surface area contributed by atoms with Gasteiger partial charge in [-0.05, 0) is 0 Å². The van der Waals surface area contributed by atoms with E-state index in [4.69, 9.17) is 23.8 Å². The maximum atomic E-state index is 12.5. The topological polar surface area (TPSA) is 317 Å². The number of ether oxygens (including phenoxy) is 2. The number of hydrogen-bond donors (Lipinski definition) is 10. The Kier molecular flexibility index (Phi) is 9.68. The lowest BCUT2D eigenvalue weighted by molar-refractivity contribution is -0.230. The predicted octanol–water partition coefficient (Wildman–Crippen LogP) is -5.26. The van der Waals surface area contributed by atoms with Crippen LogP contribution < -0.4 is 16.6 Å². The third-order valence-electron chi connectivity index (χ3n) is 5.85. The molecule has 0 saturated carbocycles. The van der Waals surface area contributed by atoms with Crippen LogP contribution in [-0.4, -0.2) is 117 Å². The van der Waals surface area contributed by atoms with Crippen LogP contribution in [0.25, 0.3) is 0 Å². The van der Waals surface area contributed by atoms with Gasteiger partial charge in [0.2, 0.25) is 5.91 Å². The van der Waals surface area contributed by atoms with E-state index in [1.807, 2.05) is 4.98 Å². The number of carbonyl (C=O) groups is 1. The van der Waals surface area contributed by atoms with E-state index < -0.39 is 101 Å². The number of phosphoric ester groups is 1. The number of aromatic amines is 1. The van der Waals surface area contributed by atoms with Crippen LogP contribution in [0, 0.1) is 0 Å². The van der Waals surface area contributed by atoms with E-state index >= 15 is 0 Å². The zero-order chi connectivity index (χ0) is 29.4. The SMILES string of the molecule is CC(=O)N[C@@H]1[C@@H](O)[C@H](O)[C@@H](CO)O[C@@H]1C(OP(=O)(O)OP(=O)(O)O)[C@H]1O[C@@H](n2ccc(=O)[nH]c2=O)[C@H](O)[C@@H]1O. The molecular weight excluding hydrogens is 580 g/mol. The summed E-state index contributed by atoms with van der Waals surface area (Å²) in [4.78, 5) is 65.4. The van der Waals surface area contributed by atoms with Crippen LogP contribution in [0.15, 0.2) is 21.9 Å². The van der Waals surface area contributed by atoms with E-state index in [2.05, 4.69) is 9.63 Å². The standard InChI is InChI=1S/C17H27N3O17P2/c1-5(22)18-8-10(25)9(24)6(4-21)34-13(8)15(36-39(32,33)37-38(29,30)31)14-11(26)12(27)16(35-14)20-3-2-7(23)19-17(20)28/h2-3,6,8-16,21,24-27H,4H2,1H3,(H,18,22)(H,32,33)(H,19,23,28)(H2,29,30,31)/t6-,8-,9-,10-,11+,12-,13+,14+,15?,16-/m1/s1. The number of phosphoric acid groups is 2. The minimum Gasteiger partial charge on any atom is -0.394 e. The van der Waals surface area contributed by atoms with E-state index in [1.165, 1.54) is 0 Å². The second kappa shape index (κ2) is 11.9. The fraction of sp³-hybridized carbons (Fsp3) is 0.706. The van der Waals surface area contributed by atoms with E-state index in [1.54, 1.807) is 0 Å². The number of H-pyrrole nitrogens is 1. The number of aliphatic hydroxyl groups is 5. The van der Waals surface area contributed by atoms with Gasteiger partial charge >= 0.3 is 21.3 Å². The number of aromatic nitrogens is 2. The molecule has 1 aromatic heterocycles. The lowest BCUT2D eigenvalue weighted by Crippen LogP contribution is -2.68. The average molecular weight is 607 g/mol. The van der Waals surface area contributed by atoms with Gasteiger partial charge in [-0.25, -0.2) is 13.9 Å². The zero-order valence-corrected chi connectivity index (χ0v) is 21.5. The molecule has 222 valence electrons. The number of carbonyl (C=O) groups excluding carboxylic acids is 1. The molecule has 0 radical (unpaired) electrons. The number of rotatable bonds is 9. The quantitative estimate of drug-likeness (QED) is 0.117. The Bertz CT molecular complexity index is 1250. The fourth-order valence-electron chi connectivity index (χ4n) is 4.26. The summed E-state index contributed by atoms with van der Waals surface area (Å²) in [7, 11) is -11.5. The van der Waals surface area contributed by atoms with Crippen molar-refractivity contribution in [3.63, 3.8) is 0 Å². The van der Waals surface area contributed by atoms with Crippen molar-refractivity contribution in [2.24, 2.45) is 0 Å². The molecule has 2 unspecified atom stereocenters. The monoisotopic (exact) mass is 607 g/mol. The molecule has 2 saturated heterocycles. The van der Waals surface area contributed by atoms with Crippen molar-refractivity contribution in [1.29, 1.82) is 0 Å². The maximum absolute atomic E-state index is 12.5. The summed E-state index contributed by atoms with van der Waals surface area (Å²) < 4.78 is 44.0. The van der Waals surface area contributed by atoms with Gasteiger partial charge < -0.3 is 55.0 Å². The van der Waals surface area contributed by atoms with Crippen molar-refractivity contribution < 1.29 is 72.4 Å².